The van der Waals surface area contributed by atoms with E-state index in [1.165, 1.54) is 7.11 Å². The fraction of sp³-hybridized carbons (Fsp3) is 0.562. The van der Waals surface area contributed by atoms with Crippen LogP contribution in [0.5, 0.6) is 0 Å². The van der Waals surface area contributed by atoms with Gasteiger partial charge in [0.15, 0.2) is 0 Å². The van der Waals surface area contributed by atoms with Gasteiger partial charge in [-0.05, 0) is 43.5 Å². The summed E-state index contributed by atoms with van der Waals surface area (Å²) in [5.74, 6) is -0.376. The van der Waals surface area contributed by atoms with Gasteiger partial charge in [-0.1, -0.05) is 18.2 Å². The summed E-state index contributed by atoms with van der Waals surface area (Å²) >= 11 is 0. The Kier molecular flexibility index (Phi) is 7.36. The molecular formula is C16H25NO4. The molecule has 0 saturated heterocycles. The van der Waals surface area contributed by atoms with Gasteiger partial charge in [0.05, 0.1) is 19.6 Å². The van der Waals surface area contributed by atoms with Gasteiger partial charge in [0.25, 0.3) is 0 Å². The van der Waals surface area contributed by atoms with E-state index >= 15 is 0 Å². The van der Waals surface area contributed by atoms with Crippen LogP contribution in [-0.2, 0) is 9.53 Å². The maximum Gasteiger partial charge on any atom is 0.307 e. The number of aliphatic hydroxyl groups is 2. The van der Waals surface area contributed by atoms with Crippen molar-refractivity contribution >= 4 is 5.97 Å². The van der Waals surface area contributed by atoms with Gasteiger partial charge in [0.1, 0.15) is 0 Å². The highest BCUT2D eigenvalue weighted by atomic mass is 16.5. The van der Waals surface area contributed by atoms with Crippen molar-refractivity contribution in [1.82, 2.24) is 5.32 Å². The topological polar surface area (TPSA) is 78.8 Å². The van der Waals surface area contributed by atoms with E-state index < -0.39 is 12.1 Å². The number of carbonyl (C=O) groups is 1. The molecule has 1 aromatic rings. The minimum Gasteiger partial charge on any atom is -0.469 e. The van der Waals surface area contributed by atoms with Gasteiger partial charge in [0.2, 0.25) is 0 Å². The first-order valence-corrected chi connectivity index (χ1v) is 7.15. The number of benzene rings is 1. The number of ether oxygens (including phenoxy) is 1. The predicted molar refractivity (Wildman–Crippen MR) is 81.0 cm³/mol. The van der Waals surface area contributed by atoms with Crippen LogP contribution in [0.3, 0.4) is 0 Å². The molecule has 0 aliphatic carbocycles. The van der Waals surface area contributed by atoms with E-state index in [-0.39, 0.29) is 19.0 Å². The van der Waals surface area contributed by atoms with E-state index in [0.29, 0.717) is 13.0 Å². The van der Waals surface area contributed by atoms with Crippen molar-refractivity contribution in [2.45, 2.75) is 38.8 Å². The molecule has 0 aliphatic heterocycles. The van der Waals surface area contributed by atoms with Crippen LogP contribution in [0.1, 0.15) is 35.6 Å². The van der Waals surface area contributed by atoms with Crippen LogP contribution in [0.25, 0.3) is 0 Å². The molecule has 0 amide bonds. The third-order valence-corrected chi connectivity index (χ3v) is 3.61. The van der Waals surface area contributed by atoms with Crippen molar-refractivity contribution in [2.75, 3.05) is 20.3 Å². The minimum atomic E-state index is -0.804. The predicted octanol–water partition coefficient (Wildman–Crippen LogP) is 1.24. The summed E-state index contributed by atoms with van der Waals surface area (Å²) in [7, 11) is 1.33. The van der Waals surface area contributed by atoms with Crippen molar-refractivity contribution in [3.05, 3.63) is 34.9 Å². The van der Waals surface area contributed by atoms with Crippen LogP contribution < -0.4 is 5.32 Å². The lowest BCUT2D eigenvalue weighted by Gasteiger charge is -2.24. The Morgan fingerprint density at radius 2 is 2.05 bits per heavy atom. The van der Waals surface area contributed by atoms with Gasteiger partial charge in [-0.3, -0.25) is 4.79 Å². The molecule has 0 radical (unpaired) electrons. The zero-order chi connectivity index (χ0) is 15.8. The fourth-order valence-electron chi connectivity index (χ4n) is 2.11. The van der Waals surface area contributed by atoms with E-state index in [1.807, 2.05) is 32.0 Å². The summed E-state index contributed by atoms with van der Waals surface area (Å²) in [4.78, 5) is 11.5. The zero-order valence-electron chi connectivity index (χ0n) is 12.9. The average Bonchev–Trinajstić information content (AvgIpc) is 2.48. The number of nitrogens with one attached hydrogen (secondary N) is 1. The number of aryl methyl sites for hydroxylation is 2. The van der Waals surface area contributed by atoms with E-state index in [9.17, 15) is 9.90 Å². The Morgan fingerprint density at radius 3 is 2.62 bits per heavy atom. The summed E-state index contributed by atoms with van der Waals surface area (Å²) in [6.07, 6.45) is -0.157. The molecule has 1 rings (SSSR count). The number of hydrogen-bond acceptors (Lipinski definition) is 5. The standard InChI is InChI=1S/C16H25NO4/c1-11-5-6-13(9-12(11)2)16(20)14(10-15(19)21-3)17-7-4-8-18/h5-6,9,14,16-18,20H,4,7-8,10H2,1-3H3. The maximum atomic E-state index is 11.5. The first-order chi connectivity index (χ1) is 9.99. The van der Waals surface area contributed by atoms with Crippen LogP contribution in [0.2, 0.25) is 0 Å². The number of methoxy groups -OCH3 is 1. The highest BCUT2D eigenvalue weighted by Gasteiger charge is 2.23. The van der Waals surface area contributed by atoms with Crippen molar-refractivity contribution < 1.29 is 19.7 Å². The highest BCUT2D eigenvalue weighted by molar-refractivity contribution is 5.70. The average molecular weight is 295 g/mol. The summed E-state index contributed by atoms with van der Waals surface area (Å²) < 4.78 is 4.68. The fourth-order valence-corrected chi connectivity index (χ4v) is 2.11. The van der Waals surface area contributed by atoms with Crippen LogP contribution in [0.15, 0.2) is 18.2 Å². The smallest absolute Gasteiger partial charge is 0.307 e. The van der Waals surface area contributed by atoms with Gasteiger partial charge in [-0.25, -0.2) is 0 Å². The summed E-state index contributed by atoms with van der Waals surface area (Å²) in [6, 6.07) is 5.31. The third kappa shape index (κ3) is 5.46. The van der Waals surface area contributed by atoms with Gasteiger partial charge in [-0.15, -0.1) is 0 Å². The molecule has 0 saturated carbocycles. The molecule has 0 fully saturated rings. The minimum absolute atomic E-state index is 0.0671. The van der Waals surface area contributed by atoms with Crippen LogP contribution in [0.4, 0.5) is 0 Å². The monoisotopic (exact) mass is 295 g/mol. The zero-order valence-corrected chi connectivity index (χ0v) is 12.9. The second kappa shape index (κ2) is 8.77. The summed E-state index contributed by atoms with van der Waals surface area (Å²) in [6.45, 7) is 4.59. The lowest BCUT2D eigenvalue weighted by Crippen LogP contribution is -2.38. The Morgan fingerprint density at radius 1 is 1.33 bits per heavy atom. The molecule has 0 aliphatic rings. The Hall–Kier alpha value is -1.43. The van der Waals surface area contributed by atoms with Crippen LogP contribution >= 0.6 is 0 Å². The molecule has 5 nitrogen and oxygen atoms in total. The molecule has 0 bridgehead atoms. The quantitative estimate of drug-likeness (QED) is 0.497. The lowest BCUT2D eigenvalue weighted by atomic mass is 9.96. The maximum absolute atomic E-state index is 11.5. The van der Waals surface area contributed by atoms with Gasteiger partial charge >= 0.3 is 5.97 Å². The number of carbonyl (C=O) groups excluding carboxylic acids is 1. The largest absolute Gasteiger partial charge is 0.469 e. The van der Waals surface area contributed by atoms with E-state index in [1.54, 1.807) is 0 Å². The molecule has 0 aromatic heterocycles. The SMILES string of the molecule is COC(=O)CC(NCCCO)C(O)c1ccc(C)c(C)c1. The van der Waals surface area contributed by atoms with Gasteiger partial charge < -0.3 is 20.3 Å². The Labute approximate surface area is 125 Å². The van der Waals surface area contributed by atoms with Crippen molar-refractivity contribution in [3.8, 4) is 0 Å². The Bertz CT molecular complexity index is 462. The third-order valence-electron chi connectivity index (χ3n) is 3.61. The number of esters is 1. The first kappa shape index (κ1) is 17.6. The second-order valence-corrected chi connectivity index (χ2v) is 5.21. The molecule has 0 spiro atoms. The molecule has 118 valence electrons. The van der Waals surface area contributed by atoms with Gasteiger partial charge in [-0.2, -0.15) is 0 Å². The van der Waals surface area contributed by atoms with Crippen molar-refractivity contribution in [3.63, 3.8) is 0 Å². The van der Waals surface area contributed by atoms with E-state index in [0.717, 1.165) is 16.7 Å². The molecule has 5 heteroatoms. The molecule has 2 unspecified atom stereocenters. The summed E-state index contributed by atoms with van der Waals surface area (Å²) in [5, 5.41) is 22.4. The molecule has 21 heavy (non-hydrogen) atoms. The molecule has 0 heterocycles. The molecule has 1 aromatic carbocycles. The molecule has 3 N–H and O–H groups in total. The molecule has 2 atom stereocenters. The van der Waals surface area contributed by atoms with E-state index in [4.69, 9.17) is 5.11 Å². The van der Waals surface area contributed by atoms with Crippen molar-refractivity contribution in [1.29, 1.82) is 0 Å². The number of aliphatic hydroxyl groups excluding tert-OH is 2. The number of hydrogen-bond donors (Lipinski definition) is 3. The van der Waals surface area contributed by atoms with Crippen molar-refractivity contribution in [2.24, 2.45) is 0 Å². The first-order valence-electron chi connectivity index (χ1n) is 7.15. The normalized spacial score (nSPS) is 13.8. The van der Waals surface area contributed by atoms with E-state index in [2.05, 4.69) is 10.1 Å². The highest BCUT2D eigenvalue weighted by Crippen LogP contribution is 2.22. The van der Waals surface area contributed by atoms with Crippen LogP contribution in [0, 0.1) is 13.8 Å². The summed E-state index contributed by atoms with van der Waals surface area (Å²) in [5.41, 5.74) is 3.02. The second-order valence-electron chi connectivity index (χ2n) is 5.21. The molecular weight excluding hydrogens is 270 g/mol. The Balaban J connectivity index is 2.83. The number of rotatable bonds is 8. The lowest BCUT2D eigenvalue weighted by molar-refractivity contribution is -0.142. The van der Waals surface area contributed by atoms with Gasteiger partial charge in [0, 0.05) is 12.6 Å². The van der Waals surface area contributed by atoms with Crippen LogP contribution in [-0.4, -0.2) is 42.5 Å².